The van der Waals surface area contributed by atoms with Gasteiger partial charge in [-0.1, -0.05) is 12.1 Å². The molecule has 0 unspecified atom stereocenters. The molecule has 0 fully saturated rings. The summed E-state index contributed by atoms with van der Waals surface area (Å²) in [5.74, 6) is -2.52. The number of rotatable bonds is 3. The average molecular weight is 318 g/mol. The first-order valence-corrected chi connectivity index (χ1v) is 5.02. The number of hydrogen-bond donors (Lipinski definition) is 2. The van der Waals surface area contributed by atoms with E-state index < -0.39 is 11.9 Å². The smallest absolute Gasteiger partial charge is 0.336 e. The van der Waals surface area contributed by atoms with Gasteiger partial charge in [-0.2, -0.15) is 0 Å². The summed E-state index contributed by atoms with van der Waals surface area (Å²) in [6.07, 6.45) is 0.685. The molecule has 0 radical (unpaired) electrons. The fourth-order valence-electron chi connectivity index (χ4n) is 1.02. The minimum Gasteiger partial charge on any atom is -0.478 e. The van der Waals surface area contributed by atoms with E-state index in [4.69, 9.17) is 10.2 Å². The molecule has 0 saturated heterocycles. The van der Waals surface area contributed by atoms with E-state index >= 15 is 0 Å². The van der Waals surface area contributed by atoms with Gasteiger partial charge in [0.15, 0.2) is 0 Å². The Bertz CT molecular complexity index is 420. The lowest BCUT2D eigenvalue weighted by Crippen LogP contribution is -2.03. The van der Waals surface area contributed by atoms with Gasteiger partial charge in [-0.25, -0.2) is 9.59 Å². The Morgan fingerprint density at radius 1 is 1.13 bits per heavy atom. The molecule has 4 nitrogen and oxygen atoms in total. The van der Waals surface area contributed by atoms with Crippen LogP contribution in [0.3, 0.4) is 0 Å². The number of carboxylic acids is 2. The number of benzene rings is 1. The third kappa shape index (κ3) is 3.35. The van der Waals surface area contributed by atoms with Crippen molar-refractivity contribution >= 4 is 40.1 Å². The Morgan fingerprint density at radius 3 is 2.07 bits per heavy atom. The Balaban J connectivity index is 3.16. The molecule has 2 N–H and O–H groups in total. The van der Waals surface area contributed by atoms with E-state index in [1.165, 1.54) is 0 Å². The molecule has 0 aliphatic heterocycles. The molecule has 0 saturated carbocycles. The van der Waals surface area contributed by atoms with Crippen LogP contribution in [-0.4, -0.2) is 22.2 Å². The molecule has 5 heteroatoms. The molecular formula is C10H7IO4. The molecule has 0 amide bonds. The van der Waals surface area contributed by atoms with Crippen molar-refractivity contribution in [2.24, 2.45) is 0 Å². The van der Waals surface area contributed by atoms with Crippen molar-refractivity contribution in [1.29, 1.82) is 0 Å². The highest BCUT2D eigenvalue weighted by atomic mass is 127. The Hall–Kier alpha value is -1.37. The van der Waals surface area contributed by atoms with Gasteiger partial charge >= 0.3 is 11.9 Å². The largest absolute Gasteiger partial charge is 0.478 e. The van der Waals surface area contributed by atoms with Gasteiger partial charge in [-0.05, 0) is 40.3 Å². The van der Waals surface area contributed by atoms with Gasteiger partial charge in [0.25, 0.3) is 0 Å². The van der Waals surface area contributed by atoms with Gasteiger partial charge < -0.3 is 10.2 Å². The Morgan fingerprint density at radius 2 is 1.67 bits per heavy atom. The third-order valence-electron chi connectivity index (χ3n) is 1.65. The van der Waals surface area contributed by atoms with Gasteiger partial charge in [0.2, 0.25) is 0 Å². The quantitative estimate of drug-likeness (QED) is 0.659. The highest BCUT2D eigenvalue weighted by Gasteiger charge is 2.11. The average Bonchev–Trinajstić information content (AvgIpc) is 2.15. The summed E-state index contributed by atoms with van der Waals surface area (Å²) in [7, 11) is 0. The second kappa shape index (κ2) is 4.92. The maximum absolute atomic E-state index is 10.8. The van der Waals surface area contributed by atoms with E-state index in [2.05, 4.69) is 22.6 Å². The zero-order chi connectivity index (χ0) is 11.4. The van der Waals surface area contributed by atoms with Crippen LogP contribution in [0.1, 0.15) is 5.56 Å². The maximum atomic E-state index is 10.8. The molecule has 0 aromatic heterocycles. The molecule has 0 spiro atoms. The van der Waals surface area contributed by atoms with Crippen LogP contribution in [0.5, 0.6) is 0 Å². The van der Waals surface area contributed by atoms with Crippen LogP contribution in [0.4, 0.5) is 0 Å². The highest BCUT2D eigenvalue weighted by molar-refractivity contribution is 14.1. The summed E-state index contributed by atoms with van der Waals surface area (Å²) < 4.78 is 0.955. The van der Waals surface area contributed by atoms with Gasteiger partial charge in [0.05, 0.1) is 5.57 Å². The molecule has 78 valence electrons. The number of hydrogen-bond acceptors (Lipinski definition) is 2. The van der Waals surface area contributed by atoms with E-state index in [0.29, 0.717) is 11.6 Å². The van der Waals surface area contributed by atoms with E-state index in [9.17, 15) is 9.59 Å². The number of carboxylic acid groups (broad SMARTS) is 2. The number of halogens is 1. The maximum Gasteiger partial charge on any atom is 0.336 e. The number of carbonyl (C=O) groups is 2. The van der Waals surface area contributed by atoms with E-state index in [0.717, 1.165) is 3.57 Å². The molecule has 0 bridgehead atoms. The van der Waals surface area contributed by atoms with Crippen LogP contribution in [0, 0.1) is 3.57 Å². The first-order valence-electron chi connectivity index (χ1n) is 3.94. The van der Waals surface area contributed by atoms with Crippen LogP contribution in [0.2, 0.25) is 0 Å². The third-order valence-corrected chi connectivity index (χ3v) is 2.37. The van der Waals surface area contributed by atoms with Crippen LogP contribution >= 0.6 is 22.6 Å². The molecule has 0 atom stereocenters. The normalized spacial score (nSPS) is 11.1. The molecule has 1 aromatic rings. The van der Waals surface area contributed by atoms with Crippen molar-refractivity contribution in [3.63, 3.8) is 0 Å². The molecule has 1 aromatic carbocycles. The van der Waals surface area contributed by atoms with Crippen molar-refractivity contribution in [3.05, 3.63) is 39.5 Å². The second-order valence-electron chi connectivity index (χ2n) is 2.71. The van der Waals surface area contributed by atoms with Crippen molar-refractivity contribution in [1.82, 2.24) is 0 Å². The minimum absolute atomic E-state index is 0.223. The lowest BCUT2D eigenvalue weighted by atomic mass is 10.1. The molecular weight excluding hydrogens is 311 g/mol. The predicted octanol–water partition coefficient (Wildman–Crippen LogP) is 1.84. The summed E-state index contributed by atoms with van der Waals surface area (Å²) in [6.45, 7) is 0. The van der Waals surface area contributed by atoms with Crippen molar-refractivity contribution < 1.29 is 19.8 Å². The summed E-state index contributed by atoms with van der Waals surface area (Å²) in [4.78, 5) is 21.2. The lowest BCUT2D eigenvalue weighted by Gasteiger charge is -2.01. The Kier molecular flexibility index (Phi) is 3.84. The van der Waals surface area contributed by atoms with Crippen LogP contribution in [-0.2, 0) is 9.59 Å². The predicted molar refractivity (Wildman–Crippen MR) is 62.4 cm³/mol. The van der Waals surface area contributed by atoms with Gasteiger partial charge in [0, 0.05) is 9.65 Å². The van der Waals surface area contributed by atoms with Crippen molar-refractivity contribution in [2.45, 2.75) is 0 Å². The van der Waals surface area contributed by atoms with E-state index in [-0.39, 0.29) is 5.57 Å². The first-order chi connectivity index (χ1) is 7.00. The molecule has 0 aliphatic carbocycles. The van der Waals surface area contributed by atoms with E-state index in [1.54, 1.807) is 24.3 Å². The lowest BCUT2D eigenvalue weighted by molar-refractivity contribution is -0.133. The van der Waals surface area contributed by atoms with Crippen molar-refractivity contribution in [3.8, 4) is 0 Å². The monoisotopic (exact) mass is 318 g/mol. The van der Waals surface area contributed by atoms with Gasteiger partial charge in [-0.3, -0.25) is 0 Å². The summed E-state index contributed by atoms with van der Waals surface area (Å²) in [5.41, 5.74) is 0.157. The molecule has 15 heavy (non-hydrogen) atoms. The van der Waals surface area contributed by atoms with Crippen molar-refractivity contribution in [2.75, 3.05) is 0 Å². The van der Waals surface area contributed by atoms with Crippen LogP contribution in [0.25, 0.3) is 5.57 Å². The fourth-order valence-corrected chi connectivity index (χ4v) is 1.38. The number of aliphatic carboxylic acids is 2. The zero-order valence-corrected chi connectivity index (χ0v) is 9.63. The Labute approximate surface area is 99.4 Å². The second-order valence-corrected chi connectivity index (χ2v) is 3.95. The van der Waals surface area contributed by atoms with Crippen LogP contribution < -0.4 is 0 Å². The van der Waals surface area contributed by atoms with E-state index in [1.807, 2.05) is 0 Å². The summed E-state index contributed by atoms with van der Waals surface area (Å²) >= 11 is 2.08. The van der Waals surface area contributed by atoms with Crippen LogP contribution in [0.15, 0.2) is 30.3 Å². The molecule has 1 rings (SSSR count). The van der Waals surface area contributed by atoms with Gasteiger partial charge in [0.1, 0.15) is 0 Å². The zero-order valence-electron chi connectivity index (χ0n) is 7.48. The summed E-state index contributed by atoms with van der Waals surface area (Å²) in [5, 5.41) is 17.3. The van der Waals surface area contributed by atoms with Gasteiger partial charge in [-0.15, -0.1) is 0 Å². The molecule has 0 aliphatic rings. The first kappa shape index (κ1) is 11.7. The minimum atomic E-state index is -1.27. The molecule has 0 heterocycles. The fraction of sp³-hybridized carbons (Fsp3) is 0. The standard InChI is InChI=1S/C10H7IO4/c11-7-3-1-6(2-4-7)8(10(14)15)5-9(12)13/h1-5H,(H,12,13)(H,14,15)/b8-5-. The highest BCUT2D eigenvalue weighted by Crippen LogP contribution is 2.16. The topological polar surface area (TPSA) is 74.6 Å². The summed E-state index contributed by atoms with van der Waals surface area (Å²) in [6, 6.07) is 6.58. The SMILES string of the molecule is O=C(O)/C=C(\C(=O)O)c1ccc(I)cc1.